The van der Waals surface area contributed by atoms with Crippen LogP contribution >= 0.6 is 11.8 Å². The molecule has 0 saturated carbocycles. The number of nitrogens with zero attached hydrogens (tertiary/aromatic N) is 4. The van der Waals surface area contributed by atoms with Crippen LogP contribution in [0.5, 0.6) is 0 Å². The zero-order valence-electron chi connectivity index (χ0n) is 17.5. The summed E-state index contributed by atoms with van der Waals surface area (Å²) in [7, 11) is 2.03. The Kier molecular flexibility index (Phi) is 5.26. The van der Waals surface area contributed by atoms with E-state index in [1.54, 1.807) is 11.8 Å². The molecule has 0 fully saturated rings. The number of aromatic nitrogens is 4. The molecule has 0 aliphatic carbocycles. The number of benzene rings is 3. The second-order valence-corrected chi connectivity index (χ2v) is 8.52. The van der Waals surface area contributed by atoms with Crippen molar-refractivity contribution in [2.45, 2.75) is 17.8 Å². The molecule has 152 valence electrons. The second kappa shape index (κ2) is 8.36. The predicted molar refractivity (Wildman–Crippen MR) is 128 cm³/mol. The van der Waals surface area contributed by atoms with Crippen LogP contribution in [-0.2, 0) is 12.8 Å². The number of rotatable bonds is 5. The molecule has 0 spiro atoms. The highest BCUT2D eigenvalue weighted by Crippen LogP contribution is 2.32. The van der Waals surface area contributed by atoms with Crippen LogP contribution in [0.4, 0.5) is 0 Å². The van der Waals surface area contributed by atoms with Crippen molar-refractivity contribution in [1.82, 2.24) is 19.7 Å². The average molecular weight is 423 g/mol. The van der Waals surface area contributed by atoms with Gasteiger partial charge in [-0.3, -0.25) is 0 Å². The maximum atomic E-state index is 4.89. The van der Waals surface area contributed by atoms with Crippen LogP contribution < -0.4 is 0 Å². The Morgan fingerprint density at radius 3 is 2.39 bits per heavy atom. The molecule has 31 heavy (non-hydrogen) atoms. The van der Waals surface area contributed by atoms with Gasteiger partial charge in [-0.15, -0.1) is 10.2 Å². The molecule has 2 heterocycles. The van der Waals surface area contributed by atoms with E-state index in [0.717, 1.165) is 44.5 Å². The molecule has 5 heteroatoms. The van der Waals surface area contributed by atoms with E-state index < -0.39 is 0 Å². The van der Waals surface area contributed by atoms with E-state index in [2.05, 4.69) is 76.3 Å². The third kappa shape index (κ3) is 3.97. The summed E-state index contributed by atoms with van der Waals surface area (Å²) in [5.41, 5.74) is 6.57. The van der Waals surface area contributed by atoms with E-state index in [4.69, 9.17) is 4.98 Å². The molecule has 2 aromatic heterocycles. The lowest BCUT2D eigenvalue weighted by Crippen LogP contribution is -1.97. The van der Waals surface area contributed by atoms with Crippen LogP contribution in [0.1, 0.15) is 11.1 Å². The van der Waals surface area contributed by atoms with Gasteiger partial charge < -0.3 is 4.57 Å². The van der Waals surface area contributed by atoms with Crippen LogP contribution in [0.3, 0.4) is 0 Å². The first-order chi connectivity index (χ1) is 15.2. The number of para-hydroxylation sites is 1. The van der Waals surface area contributed by atoms with Crippen LogP contribution in [0.25, 0.3) is 33.5 Å². The summed E-state index contributed by atoms with van der Waals surface area (Å²) in [5.74, 6) is 1.71. The minimum Gasteiger partial charge on any atom is -0.305 e. The van der Waals surface area contributed by atoms with Crippen molar-refractivity contribution in [3.8, 4) is 22.6 Å². The van der Waals surface area contributed by atoms with E-state index in [0.29, 0.717) is 0 Å². The fraction of sp³-hybridized carbons (Fsp3) is 0.115. The van der Waals surface area contributed by atoms with Crippen molar-refractivity contribution in [3.63, 3.8) is 0 Å². The van der Waals surface area contributed by atoms with Gasteiger partial charge in [0.15, 0.2) is 11.0 Å². The summed E-state index contributed by atoms with van der Waals surface area (Å²) < 4.78 is 2.08. The summed E-state index contributed by atoms with van der Waals surface area (Å²) in [6.07, 6.45) is 0. The Balaban J connectivity index is 1.54. The van der Waals surface area contributed by atoms with Gasteiger partial charge >= 0.3 is 0 Å². The lowest BCUT2D eigenvalue weighted by molar-refractivity contribution is 0.794. The van der Waals surface area contributed by atoms with Gasteiger partial charge in [-0.05, 0) is 24.6 Å². The molecule has 0 N–H and O–H groups in total. The second-order valence-electron chi connectivity index (χ2n) is 7.58. The molecule has 0 amide bonds. The third-order valence-electron chi connectivity index (χ3n) is 5.35. The maximum Gasteiger partial charge on any atom is 0.191 e. The van der Waals surface area contributed by atoms with Crippen molar-refractivity contribution in [2.24, 2.45) is 7.05 Å². The van der Waals surface area contributed by atoms with Crippen LogP contribution in [0, 0.1) is 6.92 Å². The van der Waals surface area contributed by atoms with Gasteiger partial charge in [0.1, 0.15) is 0 Å². The first kappa shape index (κ1) is 19.5. The first-order valence-electron chi connectivity index (χ1n) is 10.2. The molecule has 0 atom stereocenters. The molecule has 5 rings (SSSR count). The van der Waals surface area contributed by atoms with Gasteiger partial charge in [0.25, 0.3) is 0 Å². The Labute approximate surface area is 186 Å². The molecular weight excluding hydrogens is 400 g/mol. The van der Waals surface area contributed by atoms with Crippen LogP contribution in [-0.4, -0.2) is 19.7 Å². The Hall–Kier alpha value is -3.44. The highest BCUT2D eigenvalue weighted by atomic mass is 32.2. The molecule has 0 aliphatic heterocycles. The van der Waals surface area contributed by atoms with Crippen molar-refractivity contribution >= 4 is 22.7 Å². The monoisotopic (exact) mass is 422 g/mol. The normalized spacial score (nSPS) is 11.2. The van der Waals surface area contributed by atoms with Gasteiger partial charge in [0.2, 0.25) is 0 Å². The van der Waals surface area contributed by atoms with Crippen molar-refractivity contribution < 1.29 is 0 Å². The fourth-order valence-corrected chi connectivity index (χ4v) is 4.49. The number of hydrogen-bond acceptors (Lipinski definition) is 4. The molecule has 0 radical (unpaired) electrons. The third-order valence-corrected chi connectivity index (χ3v) is 6.44. The van der Waals surface area contributed by atoms with Crippen LogP contribution in [0.15, 0.2) is 90.1 Å². The van der Waals surface area contributed by atoms with Gasteiger partial charge in [-0.2, -0.15) is 0 Å². The summed E-state index contributed by atoms with van der Waals surface area (Å²) in [5, 5.41) is 11.0. The lowest BCUT2D eigenvalue weighted by atomic mass is 10.0. The number of hydrogen-bond donors (Lipinski definition) is 0. The first-order valence-corrected chi connectivity index (χ1v) is 11.2. The van der Waals surface area contributed by atoms with Gasteiger partial charge in [0, 0.05) is 29.3 Å². The largest absolute Gasteiger partial charge is 0.305 e. The number of thioether (sulfide) groups is 1. The maximum absolute atomic E-state index is 4.89. The quantitative estimate of drug-likeness (QED) is 0.312. The highest BCUT2D eigenvalue weighted by Gasteiger charge is 2.16. The Morgan fingerprint density at radius 2 is 1.58 bits per heavy atom. The topological polar surface area (TPSA) is 43.6 Å². The summed E-state index contributed by atoms with van der Waals surface area (Å²) in [6, 6.07) is 29.2. The zero-order valence-corrected chi connectivity index (χ0v) is 18.3. The number of fused-ring (bicyclic) bond motifs is 1. The van der Waals surface area contributed by atoms with E-state index in [-0.39, 0.29) is 0 Å². The molecule has 4 nitrogen and oxygen atoms in total. The SMILES string of the molecule is Cc1ccc(CSc2nnc(-c3cc(-c4ccccc4)nc4ccccc34)n2C)cc1. The molecule has 0 aliphatic rings. The molecular formula is C26H22N4S. The van der Waals surface area contributed by atoms with Crippen molar-refractivity contribution in [3.05, 3.63) is 96.1 Å². The minimum atomic E-state index is 0.849. The number of aryl methyl sites for hydroxylation is 1. The lowest BCUT2D eigenvalue weighted by Gasteiger charge is -2.10. The standard InChI is InChI=1S/C26H22N4S/c1-18-12-14-19(15-13-18)17-31-26-29-28-25(30(26)2)22-16-24(20-8-4-3-5-9-20)27-23-11-7-6-10-21(22)23/h3-16H,17H2,1-2H3. The molecule has 0 saturated heterocycles. The van der Waals surface area contributed by atoms with E-state index >= 15 is 0 Å². The van der Waals surface area contributed by atoms with E-state index in [1.165, 1.54) is 11.1 Å². The van der Waals surface area contributed by atoms with Gasteiger partial charge in [0.05, 0.1) is 11.2 Å². The Morgan fingerprint density at radius 1 is 0.839 bits per heavy atom. The average Bonchev–Trinajstić information content (AvgIpc) is 3.18. The highest BCUT2D eigenvalue weighted by molar-refractivity contribution is 7.98. The molecule has 0 bridgehead atoms. The molecule has 3 aromatic carbocycles. The predicted octanol–water partition coefficient (Wildman–Crippen LogP) is 6.30. The zero-order chi connectivity index (χ0) is 21.2. The minimum absolute atomic E-state index is 0.849. The van der Waals surface area contributed by atoms with Crippen LogP contribution in [0.2, 0.25) is 0 Å². The summed E-state index contributed by atoms with van der Waals surface area (Å²) in [4.78, 5) is 4.89. The van der Waals surface area contributed by atoms with E-state index in [1.807, 2.05) is 37.4 Å². The summed E-state index contributed by atoms with van der Waals surface area (Å²) in [6.45, 7) is 2.11. The molecule has 0 unspecified atom stereocenters. The Bertz CT molecular complexity index is 1340. The van der Waals surface area contributed by atoms with Crippen molar-refractivity contribution in [1.29, 1.82) is 0 Å². The summed E-state index contributed by atoms with van der Waals surface area (Å²) >= 11 is 1.70. The number of pyridine rings is 1. The van der Waals surface area contributed by atoms with Crippen molar-refractivity contribution in [2.75, 3.05) is 0 Å². The molecule has 5 aromatic rings. The fourth-order valence-electron chi connectivity index (χ4n) is 3.62. The van der Waals surface area contributed by atoms with E-state index in [9.17, 15) is 0 Å². The smallest absolute Gasteiger partial charge is 0.191 e. The van der Waals surface area contributed by atoms with Gasteiger partial charge in [-0.1, -0.05) is 90.1 Å². The van der Waals surface area contributed by atoms with Gasteiger partial charge in [-0.25, -0.2) is 4.98 Å².